The number of hydrogen-bond acceptors (Lipinski definition) is 3. The minimum absolute atomic E-state index is 0.220. The van der Waals surface area contributed by atoms with E-state index in [1.54, 1.807) is 0 Å². The Kier molecular flexibility index (Phi) is 3.03. The van der Waals surface area contributed by atoms with Crippen molar-refractivity contribution in [2.75, 3.05) is 25.1 Å². The fraction of sp³-hybridized carbons (Fsp3) is 0.400. The zero-order valence-electron chi connectivity index (χ0n) is 11.4. The van der Waals surface area contributed by atoms with Gasteiger partial charge in [-0.15, -0.1) is 0 Å². The standard InChI is InChI=1S/C15H19N3O/c1-17-6-5-12(10-19)14-7-11(3-4-15(14)17)13-8-16-18(2)9-13/h3-4,7-9,12,19H,5-6,10H2,1-2H3/t12-/m1/s1. The van der Waals surface area contributed by atoms with Crippen LogP contribution in [-0.2, 0) is 7.05 Å². The number of aliphatic hydroxyl groups is 1. The normalized spacial score (nSPS) is 18.5. The van der Waals surface area contributed by atoms with Crippen LogP contribution in [0.1, 0.15) is 17.9 Å². The molecule has 0 unspecified atom stereocenters. The van der Waals surface area contributed by atoms with Crippen molar-refractivity contribution >= 4 is 5.69 Å². The highest BCUT2D eigenvalue weighted by atomic mass is 16.3. The van der Waals surface area contributed by atoms with Crippen LogP contribution in [-0.4, -0.2) is 35.1 Å². The number of aromatic nitrogens is 2. The number of aryl methyl sites for hydroxylation is 1. The van der Waals surface area contributed by atoms with Crippen molar-refractivity contribution in [3.8, 4) is 11.1 Å². The zero-order chi connectivity index (χ0) is 13.4. The van der Waals surface area contributed by atoms with Crippen molar-refractivity contribution in [1.82, 2.24) is 9.78 Å². The Hall–Kier alpha value is -1.81. The van der Waals surface area contributed by atoms with E-state index >= 15 is 0 Å². The lowest BCUT2D eigenvalue weighted by atomic mass is 9.89. The minimum Gasteiger partial charge on any atom is -0.396 e. The third-order valence-electron chi connectivity index (χ3n) is 3.95. The van der Waals surface area contributed by atoms with Crippen molar-refractivity contribution in [1.29, 1.82) is 0 Å². The summed E-state index contributed by atoms with van der Waals surface area (Å²) in [5.74, 6) is 0.253. The Morgan fingerprint density at radius 3 is 2.84 bits per heavy atom. The van der Waals surface area contributed by atoms with Gasteiger partial charge in [0.15, 0.2) is 0 Å². The summed E-state index contributed by atoms with van der Waals surface area (Å²) in [5.41, 5.74) is 4.77. The Balaban J connectivity index is 2.06. The van der Waals surface area contributed by atoms with Crippen LogP contribution in [0.5, 0.6) is 0 Å². The molecule has 19 heavy (non-hydrogen) atoms. The second-order valence-electron chi connectivity index (χ2n) is 5.27. The van der Waals surface area contributed by atoms with Crippen molar-refractivity contribution in [3.63, 3.8) is 0 Å². The maximum absolute atomic E-state index is 9.55. The molecule has 0 saturated heterocycles. The van der Waals surface area contributed by atoms with E-state index in [-0.39, 0.29) is 12.5 Å². The van der Waals surface area contributed by atoms with Crippen LogP contribution in [0.4, 0.5) is 5.69 Å². The SMILES string of the molecule is CN1CC[C@H](CO)c2cc(-c3cnn(C)c3)ccc21. The van der Waals surface area contributed by atoms with E-state index in [1.807, 2.05) is 24.1 Å². The molecule has 1 N–H and O–H groups in total. The van der Waals surface area contributed by atoms with Gasteiger partial charge >= 0.3 is 0 Å². The number of benzene rings is 1. The molecule has 0 bridgehead atoms. The van der Waals surface area contributed by atoms with Gasteiger partial charge in [-0.05, 0) is 29.7 Å². The van der Waals surface area contributed by atoms with Crippen LogP contribution in [0.15, 0.2) is 30.6 Å². The Labute approximate surface area is 113 Å². The van der Waals surface area contributed by atoms with E-state index in [4.69, 9.17) is 0 Å². The molecule has 3 rings (SSSR count). The molecule has 0 amide bonds. The first kappa shape index (κ1) is 12.2. The number of rotatable bonds is 2. The second kappa shape index (κ2) is 4.70. The third-order valence-corrected chi connectivity index (χ3v) is 3.95. The third kappa shape index (κ3) is 2.12. The van der Waals surface area contributed by atoms with Gasteiger partial charge in [-0.3, -0.25) is 4.68 Å². The molecule has 1 aromatic heterocycles. The van der Waals surface area contributed by atoms with E-state index in [0.717, 1.165) is 18.5 Å². The van der Waals surface area contributed by atoms with Crippen molar-refractivity contribution in [3.05, 3.63) is 36.2 Å². The number of nitrogens with zero attached hydrogens (tertiary/aromatic N) is 3. The number of fused-ring (bicyclic) bond motifs is 1. The molecule has 2 heterocycles. The van der Waals surface area contributed by atoms with E-state index in [0.29, 0.717) is 0 Å². The quantitative estimate of drug-likeness (QED) is 0.894. The van der Waals surface area contributed by atoms with Crippen molar-refractivity contribution in [2.24, 2.45) is 7.05 Å². The topological polar surface area (TPSA) is 41.3 Å². The van der Waals surface area contributed by atoms with Crippen LogP contribution in [0.25, 0.3) is 11.1 Å². The summed E-state index contributed by atoms with van der Waals surface area (Å²) < 4.78 is 1.81. The van der Waals surface area contributed by atoms with Gasteiger partial charge in [-0.1, -0.05) is 6.07 Å². The fourth-order valence-corrected chi connectivity index (χ4v) is 2.79. The van der Waals surface area contributed by atoms with Gasteiger partial charge in [0.1, 0.15) is 0 Å². The molecule has 1 atom stereocenters. The number of anilines is 1. The van der Waals surface area contributed by atoms with E-state index in [9.17, 15) is 5.11 Å². The maximum atomic E-state index is 9.55. The Morgan fingerprint density at radius 1 is 1.32 bits per heavy atom. The highest BCUT2D eigenvalue weighted by molar-refractivity contribution is 5.69. The second-order valence-corrected chi connectivity index (χ2v) is 5.27. The average Bonchev–Trinajstić information content (AvgIpc) is 2.86. The average molecular weight is 257 g/mol. The predicted molar refractivity (Wildman–Crippen MR) is 76.4 cm³/mol. The van der Waals surface area contributed by atoms with Crippen molar-refractivity contribution in [2.45, 2.75) is 12.3 Å². The smallest absolute Gasteiger partial charge is 0.0568 e. The molecule has 1 aliphatic rings. The van der Waals surface area contributed by atoms with E-state index < -0.39 is 0 Å². The van der Waals surface area contributed by atoms with Gasteiger partial charge in [0.05, 0.1) is 12.8 Å². The zero-order valence-corrected chi connectivity index (χ0v) is 11.4. The summed E-state index contributed by atoms with van der Waals surface area (Å²) in [6.45, 7) is 1.22. The lowest BCUT2D eigenvalue weighted by Gasteiger charge is -2.32. The molecule has 2 aromatic rings. The molecule has 1 aromatic carbocycles. The first-order chi connectivity index (χ1) is 9.19. The van der Waals surface area contributed by atoms with Gasteiger partial charge in [0.2, 0.25) is 0 Å². The Morgan fingerprint density at radius 2 is 2.16 bits per heavy atom. The molecule has 0 aliphatic carbocycles. The number of hydrogen-bond donors (Lipinski definition) is 1. The summed E-state index contributed by atoms with van der Waals surface area (Å²) in [6.07, 6.45) is 4.90. The molecular weight excluding hydrogens is 238 g/mol. The van der Waals surface area contributed by atoms with Crippen LogP contribution in [0, 0.1) is 0 Å². The Bertz CT molecular complexity index is 591. The van der Waals surface area contributed by atoms with Gasteiger partial charge in [-0.25, -0.2) is 0 Å². The van der Waals surface area contributed by atoms with Crippen LogP contribution in [0.3, 0.4) is 0 Å². The summed E-state index contributed by atoms with van der Waals surface area (Å²) in [4.78, 5) is 2.26. The van der Waals surface area contributed by atoms with Gasteiger partial charge in [0, 0.05) is 44.0 Å². The largest absolute Gasteiger partial charge is 0.396 e. The molecule has 4 nitrogen and oxygen atoms in total. The highest BCUT2D eigenvalue weighted by Crippen LogP contribution is 2.36. The summed E-state index contributed by atoms with van der Waals surface area (Å²) in [5, 5.41) is 13.8. The lowest BCUT2D eigenvalue weighted by molar-refractivity contribution is 0.257. The van der Waals surface area contributed by atoms with E-state index in [1.165, 1.54) is 16.8 Å². The lowest BCUT2D eigenvalue weighted by Crippen LogP contribution is -2.28. The summed E-state index contributed by atoms with van der Waals surface area (Å²) >= 11 is 0. The molecule has 0 spiro atoms. The fourth-order valence-electron chi connectivity index (χ4n) is 2.79. The van der Waals surface area contributed by atoms with Crippen LogP contribution >= 0.6 is 0 Å². The summed E-state index contributed by atoms with van der Waals surface area (Å²) in [6, 6.07) is 6.48. The molecule has 4 heteroatoms. The highest BCUT2D eigenvalue weighted by Gasteiger charge is 2.23. The molecule has 100 valence electrons. The predicted octanol–water partition coefficient (Wildman–Crippen LogP) is 2.00. The molecule has 0 fully saturated rings. The monoisotopic (exact) mass is 257 g/mol. The van der Waals surface area contributed by atoms with Gasteiger partial charge in [0.25, 0.3) is 0 Å². The van der Waals surface area contributed by atoms with Gasteiger partial charge < -0.3 is 10.0 Å². The molecule has 1 aliphatic heterocycles. The first-order valence-electron chi connectivity index (χ1n) is 6.64. The van der Waals surface area contributed by atoms with Crippen molar-refractivity contribution < 1.29 is 5.11 Å². The van der Waals surface area contributed by atoms with E-state index in [2.05, 4.69) is 35.2 Å². The minimum atomic E-state index is 0.220. The first-order valence-corrected chi connectivity index (χ1v) is 6.64. The molecule has 0 radical (unpaired) electrons. The maximum Gasteiger partial charge on any atom is 0.0568 e. The van der Waals surface area contributed by atoms with Crippen LogP contribution in [0.2, 0.25) is 0 Å². The van der Waals surface area contributed by atoms with Gasteiger partial charge in [-0.2, -0.15) is 5.10 Å². The molecule has 0 saturated carbocycles. The molecular formula is C15H19N3O. The van der Waals surface area contributed by atoms with Crippen LogP contribution < -0.4 is 4.90 Å². The number of aliphatic hydroxyl groups excluding tert-OH is 1. The summed E-state index contributed by atoms with van der Waals surface area (Å²) in [7, 11) is 4.03.